The second kappa shape index (κ2) is 6.26. The molecule has 0 aliphatic rings. The van der Waals surface area contributed by atoms with E-state index in [4.69, 9.17) is 0 Å². The maximum absolute atomic E-state index is 13.4. The van der Waals surface area contributed by atoms with Crippen LogP contribution in [0.4, 0.5) is 13.2 Å². The van der Waals surface area contributed by atoms with Crippen LogP contribution in [0.25, 0.3) is 0 Å². The lowest BCUT2D eigenvalue weighted by atomic mass is 10.1. The van der Waals surface area contributed by atoms with Crippen molar-refractivity contribution in [3.8, 4) is 0 Å². The molecule has 0 bridgehead atoms. The van der Waals surface area contributed by atoms with Gasteiger partial charge < -0.3 is 10.6 Å². The number of carbonyl (C=O) groups is 1. The SMILES string of the molecule is CC(NCc1cc(F)c(F)cc1F)C(=O)NC(C)(C)C. The van der Waals surface area contributed by atoms with E-state index in [1.807, 2.05) is 20.8 Å². The Bertz CT molecular complexity index is 498. The van der Waals surface area contributed by atoms with Crippen LogP contribution in [0.3, 0.4) is 0 Å². The predicted molar refractivity (Wildman–Crippen MR) is 70.5 cm³/mol. The molecule has 1 aromatic rings. The number of carbonyl (C=O) groups excluding carboxylic acids is 1. The quantitative estimate of drug-likeness (QED) is 0.836. The fourth-order valence-corrected chi connectivity index (χ4v) is 1.53. The van der Waals surface area contributed by atoms with Gasteiger partial charge in [0.2, 0.25) is 5.91 Å². The third-order valence-electron chi connectivity index (χ3n) is 2.58. The van der Waals surface area contributed by atoms with Crippen molar-refractivity contribution >= 4 is 5.91 Å². The van der Waals surface area contributed by atoms with Gasteiger partial charge in [-0.25, -0.2) is 13.2 Å². The Kier molecular flexibility index (Phi) is 5.16. The predicted octanol–water partition coefficient (Wildman–Crippen LogP) is 2.50. The summed E-state index contributed by atoms with van der Waals surface area (Å²) in [6, 6.07) is 0.694. The second-order valence-corrected chi connectivity index (χ2v) is 5.70. The molecule has 3 nitrogen and oxygen atoms in total. The summed E-state index contributed by atoms with van der Waals surface area (Å²) in [7, 11) is 0. The van der Waals surface area contributed by atoms with E-state index in [0.29, 0.717) is 6.07 Å². The van der Waals surface area contributed by atoms with Crippen LogP contribution in [0, 0.1) is 17.5 Å². The van der Waals surface area contributed by atoms with E-state index in [9.17, 15) is 18.0 Å². The van der Waals surface area contributed by atoms with Crippen molar-refractivity contribution in [1.82, 2.24) is 10.6 Å². The van der Waals surface area contributed by atoms with Gasteiger partial charge in [-0.1, -0.05) is 0 Å². The number of halogens is 3. The third kappa shape index (κ3) is 4.85. The molecular formula is C14H19F3N2O. The van der Waals surface area contributed by atoms with Gasteiger partial charge in [-0.2, -0.15) is 0 Å². The Balaban J connectivity index is 2.63. The Morgan fingerprint density at radius 2 is 1.70 bits per heavy atom. The van der Waals surface area contributed by atoms with Gasteiger partial charge in [-0.15, -0.1) is 0 Å². The first kappa shape index (κ1) is 16.5. The Morgan fingerprint density at radius 1 is 1.15 bits per heavy atom. The molecule has 0 fully saturated rings. The summed E-state index contributed by atoms with van der Waals surface area (Å²) in [5.41, 5.74) is -0.403. The highest BCUT2D eigenvalue weighted by atomic mass is 19.2. The van der Waals surface area contributed by atoms with Crippen LogP contribution in [0.5, 0.6) is 0 Å². The summed E-state index contributed by atoms with van der Waals surface area (Å²) in [6.07, 6.45) is 0. The summed E-state index contributed by atoms with van der Waals surface area (Å²) in [5.74, 6) is -3.44. The van der Waals surface area contributed by atoms with Gasteiger partial charge in [-0.3, -0.25) is 4.79 Å². The molecule has 1 amide bonds. The molecule has 112 valence electrons. The Hall–Kier alpha value is -1.56. The lowest BCUT2D eigenvalue weighted by Crippen LogP contribution is -2.49. The number of amides is 1. The maximum Gasteiger partial charge on any atom is 0.237 e. The number of hydrogen-bond donors (Lipinski definition) is 2. The standard InChI is InChI=1S/C14H19F3N2O/c1-8(13(20)19-14(2,3)4)18-7-9-5-11(16)12(17)6-10(9)15/h5-6,8,18H,7H2,1-4H3,(H,19,20). The highest BCUT2D eigenvalue weighted by Gasteiger charge is 2.19. The van der Waals surface area contributed by atoms with Crippen molar-refractivity contribution in [1.29, 1.82) is 0 Å². The van der Waals surface area contributed by atoms with Crippen molar-refractivity contribution in [3.63, 3.8) is 0 Å². The van der Waals surface area contributed by atoms with Gasteiger partial charge in [0.25, 0.3) is 0 Å². The molecule has 0 aliphatic carbocycles. The molecule has 1 unspecified atom stereocenters. The average molecular weight is 288 g/mol. The third-order valence-corrected chi connectivity index (χ3v) is 2.58. The molecule has 0 heterocycles. The van der Waals surface area contributed by atoms with E-state index >= 15 is 0 Å². The van der Waals surface area contributed by atoms with Crippen molar-refractivity contribution < 1.29 is 18.0 Å². The largest absolute Gasteiger partial charge is 0.350 e. The first-order chi connectivity index (χ1) is 9.10. The van der Waals surface area contributed by atoms with Crippen LogP contribution in [0.1, 0.15) is 33.3 Å². The molecule has 2 N–H and O–H groups in total. The van der Waals surface area contributed by atoms with Crippen molar-refractivity contribution in [2.45, 2.75) is 45.8 Å². The number of nitrogens with one attached hydrogen (secondary N) is 2. The molecule has 1 aromatic carbocycles. The van der Waals surface area contributed by atoms with E-state index in [2.05, 4.69) is 10.6 Å². The topological polar surface area (TPSA) is 41.1 Å². The van der Waals surface area contributed by atoms with Gasteiger partial charge in [0.15, 0.2) is 11.6 Å². The molecule has 0 saturated heterocycles. The first-order valence-corrected chi connectivity index (χ1v) is 6.29. The molecular weight excluding hydrogens is 269 g/mol. The summed E-state index contributed by atoms with van der Waals surface area (Å²) < 4.78 is 39.2. The zero-order valence-corrected chi connectivity index (χ0v) is 12.0. The maximum atomic E-state index is 13.4. The highest BCUT2D eigenvalue weighted by Crippen LogP contribution is 2.13. The zero-order chi connectivity index (χ0) is 15.5. The van der Waals surface area contributed by atoms with Crippen molar-refractivity contribution in [2.24, 2.45) is 0 Å². The van der Waals surface area contributed by atoms with Crippen molar-refractivity contribution in [2.75, 3.05) is 0 Å². The summed E-state index contributed by atoms with van der Waals surface area (Å²) in [4.78, 5) is 11.8. The first-order valence-electron chi connectivity index (χ1n) is 6.29. The summed E-state index contributed by atoms with van der Waals surface area (Å²) >= 11 is 0. The fourth-order valence-electron chi connectivity index (χ4n) is 1.53. The van der Waals surface area contributed by atoms with Gasteiger partial charge >= 0.3 is 0 Å². The lowest BCUT2D eigenvalue weighted by molar-refractivity contribution is -0.124. The lowest BCUT2D eigenvalue weighted by Gasteiger charge is -2.23. The van der Waals surface area contributed by atoms with E-state index in [0.717, 1.165) is 6.07 Å². The van der Waals surface area contributed by atoms with Crippen LogP contribution in [0.15, 0.2) is 12.1 Å². The molecule has 0 spiro atoms. The zero-order valence-electron chi connectivity index (χ0n) is 12.0. The molecule has 0 saturated carbocycles. The van der Waals surface area contributed by atoms with Gasteiger partial charge in [0.1, 0.15) is 5.82 Å². The van der Waals surface area contributed by atoms with Gasteiger partial charge in [-0.05, 0) is 33.8 Å². The van der Waals surface area contributed by atoms with E-state index < -0.39 is 23.5 Å². The number of hydrogen-bond acceptors (Lipinski definition) is 2. The molecule has 0 radical (unpaired) electrons. The minimum atomic E-state index is -1.23. The molecule has 20 heavy (non-hydrogen) atoms. The smallest absolute Gasteiger partial charge is 0.237 e. The van der Waals surface area contributed by atoms with E-state index in [-0.39, 0.29) is 23.6 Å². The number of rotatable bonds is 4. The minimum absolute atomic E-state index is 0.0284. The van der Waals surface area contributed by atoms with Crippen LogP contribution < -0.4 is 10.6 Å². The minimum Gasteiger partial charge on any atom is -0.350 e. The van der Waals surface area contributed by atoms with Gasteiger partial charge in [0, 0.05) is 23.7 Å². The van der Waals surface area contributed by atoms with Crippen LogP contribution in [0.2, 0.25) is 0 Å². The Morgan fingerprint density at radius 3 is 2.25 bits per heavy atom. The fraction of sp³-hybridized carbons (Fsp3) is 0.500. The number of benzene rings is 1. The van der Waals surface area contributed by atoms with Crippen LogP contribution >= 0.6 is 0 Å². The molecule has 1 rings (SSSR count). The molecule has 0 aliphatic heterocycles. The molecule has 0 aromatic heterocycles. The normalized spacial score (nSPS) is 13.2. The van der Waals surface area contributed by atoms with Crippen LogP contribution in [-0.2, 0) is 11.3 Å². The Labute approximate surface area is 116 Å². The second-order valence-electron chi connectivity index (χ2n) is 5.70. The van der Waals surface area contributed by atoms with Gasteiger partial charge in [0.05, 0.1) is 6.04 Å². The summed E-state index contributed by atoms with van der Waals surface area (Å²) in [6.45, 7) is 7.06. The van der Waals surface area contributed by atoms with Crippen LogP contribution in [-0.4, -0.2) is 17.5 Å². The monoisotopic (exact) mass is 288 g/mol. The molecule has 6 heteroatoms. The molecule has 1 atom stereocenters. The van der Waals surface area contributed by atoms with Crippen molar-refractivity contribution in [3.05, 3.63) is 35.1 Å². The average Bonchev–Trinajstić information content (AvgIpc) is 2.29. The summed E-state index contributed by atoms with van der Waals surface area (Å²) in [5, 5.41) is 5.53. The van der Waals surface area contributed by atoms with E-state index in [1.165, 1.54) is 0 Å². The van der Waals surface area contributed by atoms with E-state index in [1.54, 1.807) is 6.92 Å². The highest BCUT2D eigenvalue weighted by molar-refractivity contribution is 5.81.